The summed E-state index contributed by atoms with van der Waals surface area (Å²) in [4.78, 5) is 0. The largest absolute Gasteiger partial charge is 0.315 e. The minimum Gasteiger partial charge on any atom is -0.315 e. The third kappa shape index (κ3) is 2.74. The van der Waals surface area contributed by atoms with Gasteiger partial charge in [-0.1, -0.05) is 54.8 Å². The molecule has 0 amide bonds. The maximum atomic E-state index is 3.59. The van der Waals surface area contributed by atoms with Crippen LogP contribution in [0.15, 0.2) is 28.7 Å². The first-order valence-electron chi connectivity index (χ1n) is 6.67. The quantitative estimate of drug-likeness (QED) is 0.862. The molecule has 17 heavy (non-hydrogen) atoms. The summed E-state index contributed by atoms with van der Waals surface area (Å²) in [5, 5.41) is 3.46. The van der Waals surface area contributed by atoms with Crippen molar-refractivity contribution in [3.05, 3.63) is 34.3 Å². The highest BCUT2D eigenvalue weighted by Crippen LogP contribution is 2.37. The molecule has 1 heterocycles. The molecule has 1 saturated heterocycles. The summed E-state index contributed by atoms with van der Waals surface area (Å²) >= 11 is 3.59. The van der Waals surface area contributed by atoms with Crippen LogP contribution in [0.4, 0.5) is 0 Å². The highest BCUT2D eigenvalue weighted by molar-refractivity contribution is 9.10. The second kappa shape index (κ2) is 5.53. The third-order valence-electron chi connectivity index (χ3n) is 4.20. The normalized spacial score (nSPS) is 18.1. The van der Waals surface area contributed by atoms with Gasteiger partial charge in [-0.3, -0.25) is 0 Å². The first-order chi connectivity index (χ1) is 8.20. The second-order valence-corrected chi connectivity index (χ2v) is 6.20. The van der Waals surface area contributed by atoms with E-state index >= 15 is 0 Å². The van der Waals surface area contributed by atoms with Crippen molar-refractivity contribution in [2.75, 3.05) is 13.1 Å². The smallest absolute Gasteiger partial charge is 0.0205 e. The second-order valence-electron chi connectivity index (χ2n) is 5.28. The molecule has 2 rings (SSSR count). The fourth-order valence-electron chi connectivity index (χ4n) is 2.84. The molecule has 0 aliphatic carbocycles. The van der Waals surface area contributed by atoms with Crippen molar-refractivity contribution >= 4 is 15.9 Å². The van der Waals surface area contributed by atoms with E-state index in [2.05, 4.69) is 59.4 Å². The fraction of sp³-hybridized carbons (Fsp3) is 0.600. The number of hydrogen-bond donors (Lipinski definition) is 1. The van der Waals surface area contributed by atoms with Gasteiger partial charge < -0.3 is 5.32 Å². The van der Waals surface area contributed by atoms with Gasteiger partial charge in [0, 0.05) is 23.0 Å². The number of benzene rings is 1. The van der Waals surface area contributed by atoms with Crippen molar-refractivity contribution in [3.8, 4) is 0 Å². The van der Waals surface area contributed by atoms with Crippen molar-refractivity contribution in [2.45, 2.75) is 38.5 Å². The summed E-state index contributed by atoms with van der Waals surface area (Å²) < 4.78 is 1.20. The zero-order valence-electron chi connectivity index (χ0n) is 10.8. The Balaban J connectivity index is 2.19. The van der Waals surface area contributed by atoms with E-state index in [1.807, 2.05) is 0 Å². The van der Waals surface area contributed by atoms with Gasteiger partial charge in [0.15, 0.2) is 0 Å². The lowest BCUT2D eigenvalue weighted by Crippen LogP contribution is -2.57. The lowest BCUT2D eigenvalue weighted by Gasteiger charge is -2.45. The summed E-state index contributed by atoms with van der Waals surface area (Å²) in [6.45, 7) is 6.91. The predicted octanol–water partition coefficient (Wildman–Crippen LogP) is 4.12. The van der Waals surface area contributed by atoms with Crippen LogP contribution in [-0.2, 0) is 5.41 Å². The first-order valence-corrected chi connectivity index (χ1v) is 7.46. The van der Waals surface area contributed by atoms with Crippen LogP contribution in [0.5, 0.6) is 0 Å². The topological polar surface area (TPSA) is 12.0 Å². The molecule has 0 aromatic heterocycles. The van der Waals surface area contributed by atoms with Crippen molar-refractivity contribution in [3.63, 3.8) is 0 Å². The Labute approximate surface area is 113 Å². The van der Waals surface area contributed by atoms with Gasteiger partial charge in [0.05, 0.1) is 0 Å². The number of halogens is 1. The van der Waals surface area contributed by atoms with E-state index in [0.29, 0.717) is 5.41 Å². The van der Waals surface area contributed by atoms with Gasteiger partial charge in [-0.05, 0) is 30.0 Å². The summed E-state index contributed by atoms with van der Waals surface area (Å²) in [6, 6.07) is 8.85. The average Bonchev–Trinajstić information content (AvgIpc) is 2.29. The summed E-state index contributed by atoms with van der Waals surface area (Å²) in [5.74, 6) is 0.857. The van der Waals surface area contributed by atoms with Gasteiger partial charge >= 0.3 is 0 Å². The Kier molecular flexibility index (Phi) is 4.26. The van der Waals surface area contributed by atoms with Crippen LogP contribution in [0, 0.1) is 5.92 Å². The minimum atomic E-state index is 0.389. The van der Waals surface area contributed by atoms with E-state index < -0.39 is 0 Å². The summed E-state index contributed by atoms with van der Waals surface area (Å²) in [7, 11) is 0. The van der Waals surface area contributed by atoms with Gasteiger partial charge in [-0.15, -0.1) is 0 Å². The number of nitrogens with one attached hydrogen (secondary N) is 1. The molecule has 0 spiro atoms. The highest BCUT2D eigenvalue weighted by Gasteiger charge is 2.39. The molecule has 1 aromatic carbocycles. The van der Waals surface area contributed by atoms with Crippen LogP contribution in [0.25, 0.3) is 0 Å². The zero-order valence-corrected chi connectivity index (χ0v) is 12.4. The first kappa shape index (κ1) is 13.1. The van der Waals surface area contributed by atoms with Crippen LogP contribution < -0.4 is 5.32 Å². The molecule has 1 N–H and O–H groups in total. The molecule has 1 aliphatic rings. The lowest BCUT2D eigenvalue weighted by molar-refractivity contribution is 0.211. The maximum absolute atomic E-state index is 3.59. The molecule has 0 unspecified atom stereocenters. The van der Waals surface area contributed by atoms with Gasteiger partial charge in [-0.2, -0.15) is 0 Å². The lowest BCUT2D eigenvalue weighted by atomic mass is 9.68. The molecule has 0 atom stereocenters. The van der Waals surface area contributed by atoms with E-state index in [1.165, 1.54) is 29.3 Å². The van der Waals surface area contributed by atoms with Crippen molar-refractivity contribution in [1.29, 1.82) is 0 Å². The Bertz CT molecular complexity index is 367. The molecule has 1 nitrogen and oxygen atoms in total. The molecule has 2 heteroatoms. The number of rotatable bonds is 5. The van der Waals surface area contributed by atoms with E-state index in [0.717, 1.165) is 19.0 Å². The van der Waals surface area contributed by atoms with Gasteiger partial charge in [0.1, 0.15) is 0 Å². The van der Waals surface area contributed by atoms with E-state index in [9.17, 15) is 0 Å². The Morgan fingerprint density at radius 1 is 1.29 bits per heavy atom. The van der Waals surface area contributed by atoms with Crippen LogP contribution in [-0.4, -0.2) is 13.1 Å². The molecule has 0 radical (unpaired) electrons. The molecule has 94 valence electrons. The van der Waals surface area contributed by atoms with E-state index in [-0.39, 0.29) is 0 Å². The van der Waals surface area contributed by atoms with Gasteiger partial charge in [0.2, 0.25) is 0 Å². The van der Waals surface area contributed by atoms with Crippen molar-refractivity contribution in [2.24, 2.45) is 5.92 Å². The Hall–Kier alpha value is -0.340. The van der Waals surface area contributed by atoms with Gasteiger partial charge in [0.25, 0.3) is 0 Å². The monoisotopic (exact) mass is 295 g/mol. The van der Waals surface area contributed by atoms with Crippen molar-refractivity contribution in [1.82, 2.24) is 5.32 Å². The summed E-state index contributed by atoms with van der Waals surface area (Å²) in [5.41, 5.74) is 1.89. The third-order valence-corrected chi connectivity index (χ3v) is 4.69. The Morgan fingerprint density at radius 3 is 2.47 bits per heavy atom. The van der Waals surface area contributed by atoms with E-state index in [1.54, 1.807) is 0 Å². The SMILES string of the molecule is CCC(CC)CC1(c2cccc(Br)c2)CNC1. The van der Waals surface area contributed by atoms with E-state index in [4.69, 9.17) is 0 Å². The molecule has 1 aliphatic heterocycles. The van der Waals surface area contributed by atoms with Crippen LogP contribution in [0.1, 0.15) is 38.7 Å². The highest BCUT2D eigenvalue weighted by atomic mass is 79.9. The van der Waals surface area contributed by atoms with Crippen LogP contribution in [0.2, 0.25) is 0 Å². The fourth-order valence-corrected chi connectivity index (χ4v) is 3.24. The molecule has 0 bridgehead atoms. The standard InChI is InChI=1S/C15H22BrN/c1-3-12(4-2)9-15(10-17-11-15)13-6-5-7-14(16)8-13/h5-8,12,17H,3-4,9-11H2,1-2H3. The molecule has 1 aromatic rings. The maximum Gasteiger partial charge on any atom is 0.0205 e. The zero-order chi connectivity index (χ0) is 12.3. The van der Waals surface area contributed by atoms with Crippen molar-refractivity contribution < 1.29 is 0 Å². The van der Waals surface area contributed by atoms with Gasteiger partial charge in [-0.25, -0.2) is 0 Å². The van der Waals surface area contributed by atoms with Crippen LogP contribution >= 0.6 is 15.9 Å². The molecular formula is C15H22BrN. The number of hydrogen-bond acceptors (Lipinski definition) is 1. The average molecular weight is 296 g/mol. The summed E-state index contributed by atoms with van der Waals surface area (Å²) in [6.07, 6.45) is 3.92. The minimum absolute atomic E-state index is 0.389. The van der Waals surface area contributed by atoms with Crippen LogP contribution in [0.3, 0.4) is 0 Å². The molecular weight excluding hydrogens is 274 g/mol. The Morgan fingerprint density at radius 2 is 2.00 bits per heavy atom. The molecule has 0 saturated carbocycles. The molecule has 1 fully saturated rings. The predicted molar refractivity (Wildman–Crippen MR) is 77.4 cm³/mol.